The predicted molar refractivity (Wildman–Crippen MR) is 77.8 cm³/mol. The van der Waals surface area contributed by atoms with Crippen LogP contribution in [0.2, 0.25) is 0 Å². The van der Waals surface area contributed by atoms with Gasteiger partial charge in [-0.25, -0.2) is 9.37 Å². The molecule has 0 atom stereocenters. The Morgan fingerprint density at radius 1 is 1.23 bits per heavy atom. The van der Waals surface area contributed by atoms with Crippen LogP contribution in [0.3, 0.4) is 0 Å². The molecule has 0 unspecified atom stereocenters. The van der Waals surface area contributed by atoms with Gasteiger partial charge in [0.25, 0.3) is 5.69 Å². The Morgan fingerprint density at radius 2 is 1.95 bits per heavy atom. The number of nitro groups is 1. The lowest BCUT2D eigenvalue weighted by Crippen LogP contribution is -2.05. The van der Waals surface area contributed by atoms with Gasteiger partial charge in [-0.1, -0.05) is 12.1 Å². The summed E-state index contributed by atoms with van der Waals surface area (Å²) < 4.78 is 15.0. The van der Waals surface area contributed by atoms with Crippen LogP contribution in [0.4, 0.5) is 10.1 Å². The van der Waals surface area contributed by atoms with E-state index >= 15 is 0 Å². The van der Waals surface area contributed by atoms with Gasteiger partial charge < -0.3 is 9.67 Å². The van der Waals surface area contributed by atoms with Crippen molar-refractivity contribution in [2.45, 2.75) is 13.2 Å². The van der Waals surface area contributed by atoms with Crippen molar-refractivity contribution in [2.24, 2.45) is 0 Å². The smallest absolute Gasteiger partial charge is 0.269 e. The Bertz CT molecular complexity index is 843. The van der Waals surface area contributed by atoms with E-state index in [2.05, 4.69) is 4.98 Å². The molecule has 3 rings (SSSR count). The summed E-state index contributed by atoms with van der Waals surface area (Å²) in [5.74, 6) is 0.0240. The molecule has 0 bridgehead atoms. The lowest BCUT2D eigenvalue weighted by molar-refractivity contribution is -0.384. The van der Waals surface area contributed by atoms with E-state index in [0.29, 0.717) is 23.4 Å². The second kappa shape index (κ2) is 5.53. The molecule has 1 N–H and O–H groups in total. The molecule has 0 radical (unpaired) electrons. The number of aliphatic hydroxyl groups excluding tert-OH is 1. The molecule has 22 heavy (non-hydrogen) atoms. The predicted octanol–water partition coefficient (Wildman–Crippen LogP) is 2.62. The highest BCUT2D eigenvalue weighted by Gasteiger charge is 2.12. The molecule has 0 spiro atoms. The van der Waals surface area contributed by atoms with Gasteiger partial charge in [-0.15, -0.1) is 0 Å². The summed E-state index contributed by atoms with van der Waals surface area (Å²) >= 11 is 0. The first kappa shape index (κ1) is 14.2. The third-order valence-electron chi connectivity index (χ3n) is 3.42. The molecular weight excluding hydrogens is 289 g/mol. The van der Waals surface area contributed by atoms with E-state index in [9.17, 15) is 19.6 Å². The van der Waals surface area contributed by atoms with Crippen molar-refractivity contribution in [3.63, 3.8) is 0 Å². The second-order valence-corrected chi connectivity index (χ2v) is 4.83. The van der Waals surface area contributed by atoms with Crippen molar-refractivity contribution in [1.29, 1.82) is 0 Å². The van der Waals surface area contributed by atoms with Crippen LogP contribution < -0.4 is 0 Å². The Kier molecular flexibility index (Phi) is 3.56. The number of fused-ring (bicyclic) bond motifs is 1. The van der Waals surface area contributed by atoms with E-state index in [1.807, 2.05) is 0 Å². The molecule has 0 aliphatic rings. The zero-order valence-corrected chi connectivity index (χ0v) is 11.4. The van der Waals surface area contributed by atoms with Crippen LogP contribution in [0.5, 0.6) is 0 Å². The van der Waals surface area contributed by atoms with Crippen molar-refractivity contribution >= 4 is 16.7 Å². The molecule has 1 aromatic heterocycles. The van der Waals surface area contributed by atoms with Gasteiger partial charge in [0.1, 0.15) is 18.2 Å². The number of nitrogens with zero attached hydrogens (tertiary/aromatic N) is 3. The molecule has 7 heteroatoms. The molecule has 0 saturated heterocycles. The number of benzene rings is 2. The van der Waals surface area contributed by atoms with Gasteiger partial charge in [0, 0.05) is 24.7 Å². The topological polar surface area (TPSA) is 81.2 Å². The monoisotopic (exact) mass is 301 g/mol. The van der Waals surface area contributed by atoms with Gasteiger partial charge in [-0.05, 0) is 17.7 Å². The average Bonchev–Trinajstić information content (AvgIpc) is 2.84. The number of non-ortho nitro benzene ring substituents is 1. The lowest BCUT2D eigenvalue weighted by atomic mass is 10.2. The highest BCUT2D eigenvalue weighted by Crippen LogP contribution is 2.20. The van der Waals surface area contributed by atoms with Gasteiger partial charge in [-0.2, -0.15) is 0 Å². The Hall–Kier alpha value is -2.80. The molecule has 3 aromatic rings. The van der Waals surface area contributed by atoms with Gasteiger partial charge >= 0.3 is 0 Å². The summed E-state index contributed by atoms with van der Waals surface area (Å²) in [5.41, 5.74) is 2.00. The Labute approximate surface area is 124 Å². The summed E-state index contributed by atoms with van der Waals surface area (Å²) in [4.78, 5) is 14.4. The van der Waals surface area contributed by atoms with Crippen LogP contribution in [0.15, 0.2) is 42.5 Å². The number of halogens is 1. The van der Waals surface area contributed by atoms with E-state index in [0.717, 1.165) is 5.56 Å². The molecule has 6 nitrogen and oxygen atoms in total. The molecule has 112 valence electrons. The quantitative estimate of drug-likeness (QED) is 0.593. The fourth-order valence-electron chi connectivity index (χ4n) is 2.36. The van der Waals surface area contributed by atoms with Gasteiger partial charge in [0.15, 0.2) is 0 Å². The second-order valence-electron chi connectivity index (χ2n) is 4.83. The van der Waals surface area contributed by atoms with E-state index in [-0.39, 0.29) is 12.3 Å². The molecule has 2 aromatic carbocycles. The van der Waals surface area contributed by atoms with Crippen molar-refractivity contribution < 1.29 is 14.4 Å². The number of hydrogen-bond donors (Lipinski definition) is 1. The van der Waals surface area contributed by atoms with Crippen molar-refractivity contribution in [3.8, 4) is 0 Å². The van der Waals surface area contributed by atoms with E-state index in [4.69, 9.17) is 0 Å². The third-order valence-corrected chi connectivity index (χ3v) is 3.42. The van der Waals surface area contributed by atoms with Gasteiger partial charge in [-0.3, -0.25) is 10.1 Å². The van der Waals surface area contributed by atoms with Crippen LogP contribution in [0, 0.1) is 15.9 Å². The molecule has 0 amide bonds. The van der Waals surface area contributed by atoms with Crippen LogP contribution in [0.1, 0.15) is 11.4 Å². The first-order chi connectivity index (χ1) is 10.6. The van der Waals surface area contributed by atoms with Crippen LogP contribution in [0.25, 0.3) is 11.0 Å². The minimum absolute atomic E-state index is 0.0173. The third kappa shape index (κ3) is 2.53. The maximum Gasteiger partial charge on any atom is 0.269 e. The molecular formula is C15H12FN3O3. The van der Waals surface area contributed by atoms with E-state index in [1.54, 1.807) is 22.8 Å². The maximum atomic E-state index is 13.3. The van der Waals surface area contributed by atoms with Crippen LogP contribution in [-0.4, -0.2) is 19.6 Å². The van der Waals surface area contributed by atoms with Crippen molar-refractivity contribution in [3.05, 3.63) is 69.8 Å². The molecule has 0 aliphatic carbocycles. The average molecular weight is 301 g/mol. The van der Waals surface area contributed by atoms with E-state index in [1.165, 1.54) is 24.3 Å². The summed E-state index contributed by atoms with van der Waals surface area (Å²) in [6, 6.07) is 10.4. The number of hydrogen-bond acceptors (Lipinski definition) is 4. The zero-order chi connectivity index (χ0) is 15.7. The molecule has 0 saturated carbocycles. The minimum atomic E-state index is -0.460. The number of aliphatic hydroxyl groups is 1. The maximum absolute atomic E-state index is 13.3. The number of nitro benzene ring substituents is 1. The van der Waals surface area contributed by atoms with Crippen molar-refractivity contribution in [2.75, 3.05) is 0 Å². The first-order valence-electron chi connectivity index (χ1n) is 6.57. The fraction of sp³-hybridized carbons (Fsp3) is 0.133. The first-order valence-corrected chi connectivity index (χ1v) is 6.57. The molecule has 0 aliphatic heterocycles. The minimum Gasteiger partial charge on any atom is -0.388 e. The molecule has 0 fully saturated rings. The lowest BCUT2D eigenvalue weighted by Gasteiger charge is -2.08. The van der Waals surface area contributed by atoms with Gasteiger partial charge in [0.05, 0.1) is 16.0 Å². The summed E-state index contributed by atoms with van der Waals surface area (Å²) in [7, 11) is 0. The van der Waals surface area contributed by atoms with E-state index < -0.39 is 10.7 Å². The number of imidazole rings is 1. The number of aromatic nitrogens is 2. The highest BCUT2D eigenvalue weighted by molar-refractivity contribution is 5.76. The normalized spacial score (nSPS) is 11.0. The Balaban J connectivity index is 2.00. The standard InChI is InChI=1S/C15H12FN3O3/c16-11-3-6-14-13(7-11)17-15(9-20)18(14)8-10-1-4-12(5-2-10)19(21)22/h1-7,20H,8-9H2. The largest absolute Gasteiger partial charge is 0.388 e. The zero-order valence-electron chi connectivity index (χ0n) is 11.4. The summed E-state index contributed by atoms with van der Waals surface area (Å²) in [6.07, 6.45) is 0. The van der Waals surface area contributed by atoms with Crippen molar-refractivity contribution in [1.82, 2.24) is 9.55 Å². The molecule has 1 heterocycles. The Morgan fingerprint density at radius 3 is 2.59 bits per heavy atom. The highest BCUT2D eigenvalue weighted by atomic mass is 19.1. The van der Waals surface area contributed by atoms with Gasteiger partial charge in [0.2, 0.25) is 0 Å². The van der Waals surface area contributed by atoms with Crippen LogP contribution in [-0.2, 0) is 13.2 Å². The summed E-state index contributed by atoms with van der Waals surface area (Å²) in [6.45, 7) is 0.110. The number of rotatable bonds is 4. The summed E-state index contributed by atoms with van der Waals surface area (Å²) in [5, 5.41) is 20.1. The fourth-order valence-corrected chi connectivity index (χ4v) is 2.36. The SMILES string of the molecule is O=[N+]([O-])c1ccc(Cn2c(CO)nc3cc(F)ccc32)cc1. The van der Waals surface area contributed by atoms with Crippen LogP contribution >= 0.6 is 0 Å².